The molecule has 4 N–H and O–H groups in total. The highest BCUT2D eigenvalue weighted by Crippen LogP contribution is 2.41. The fourth-order valence-corrected chi connectivity index (χ4v) is 5.10. The molecule has 2 amide bonds. The molecule has 0 saturated heterocycles. The van der Waals surface area contributed by atoms with E-state index >= 15 is 0 Å². The molecule has 0 aliphatic heterocycles. The van der Waals surface area contributed by atoms with E-state index in [1.165, 1.54) is 0 Å². The number of aromatic nitrogens is 7. The molecule has 6 aromatic rings. The number of carbonyl (C=O) groups excluding carboxylic acids is 2. The van der Waals surface area contributed by atoms with Gasteiger partial charge in [0.2, 0.25) is 0 Å². The van der Waals surface area contributed by atoms with Crippen LogP contribution in [-0.4, -0.2) is 46.8 Å². The normalized spacial score (nSPS) is 14.0. The third kappa shape index (κ3) is 4.40. The van der Waals surface area contributed by atoms with Gasteiger partial charge in [0.05, 0.1) is 16.6 Å². The maximum absolute atomic E-state index is 13.0. The monoisotopic (exact) mass is 545 g/mol. The summed E-state index contributed by atoms with van der Waals surface area (Å²) in [6.07, 6.45) is 2.43. The Kier molecular flexibility index (Phi) is 5.66. The van der Waals surface area contributed by atoms with Crippen LogP contribution < -0.4 is 16.2 Å². The Bertz CT molecular complexity index is 1950. The molecule has 1 saturated carbocycles. The molecular weight excluding hydrogens is 522 g/mol. The number of hydrogen-bond donors (Lipinski definition) is 4. The summed E-state index contributed by atoms with van der Waals surface area (Å²) in [5, 5.41) is 15.7. The molecule has 12 nitrogen and oxygen atoms in total. The van der Waals surface area contributed by atoms with Crippen LogP contribution in [0.25, 0.3) is 28.2 Å². The number of nitrogens with zero attached hydrogens (tertiary/aromatic N) is 5. The lowest BCUT2D eigenvalue weighted by atomic mass is 9.71. The van der Waals surface area contributed by atoms with E-state index in [9.17, 15) is 14.4 Å². The summed E-state index contributed by atoms with van der Waals surface area (Å²) >= 11 is 0. The number of fused-ring (bicyclic) bond motifs is 2. The second kappa shape index (κ2) is 9.52. The van der Waals surface area contributed by atoms with Gasteiger partial charge in [0.15, 0.2) is 0 Å². The van der Waals surface area contributed by atoms with Gasteiger partial charge in [-0.2, -0.15) is 9.73 Å². The first kappa shape index (κ1) is 24.4. The first-order valence-corrected chi connectivity index (χ1v) is 13.1. The van der Waals surface area contributed by atoms with Gasteiger partial charge in [-0.1, -0.05) is 41.5 Å². The topological polar surface area (TPSA) is 163 Å². The van der Waals surface area contributed by atoms with Gasteiger partial charge >= 0.3 is 0 Å². The smallest absolute Gasteiger partial charge is 0.276 e. The van der Waals surface area contributed by atoms with Gasteiger partial charge in [0.1, 0.15) is 11.5 Å². The fourth-order valence-electron chi connectivity index (χ4n) is 5.10. The quantitative estimate of drug-likeness (QED) is 0.249. The molecule has 1 aliphatic carbocycles. The number of para-hydroxylation sites is 2. The maximum atomic E-state index is 13.0. The predicted octanol–water partition coefficient (Wildman–Crippen LogP) is 3.42. The van der Waals surface area contributed by atoms with Crippen molar-refractivity contribution in [2.75, 3.05) is 5.32 Å². The number of H-pyrrole nitrogens is 2. The van der Waals surface area contributed by atoms with E-state index in [4.69, 9.17) is 0 Å². The molecule has 3 aromatic carbocycles. The second-order valence-electron chi connectivity index (χ2n) is 10.0. The number of anilines is 1. The summed E-state index contributed by atoms with van der Waals surface area (Å²) < 4.78 is 1.05. The van der Waals surface area contributed by atoms with E-state index in [1.807, 2.05) is 60.7 Å². The number of rotatable bonds is 6. The fraction of sp³-hybridized carbons (Fsp3) is 0.138. The Balaban J connectivity index is 1.04. The largest absolute Gasteiger partial charge is 0.341 e. The highest BCUT2D eigenvalue weighted by Gasteiger charge is 2.40. The number of imidazole rings is 1. The number of carbonyl (C=O) groups is 2. The van der Waals surface area contributed by atoms with Crippen LogP contribution in [0.1, 0.15) is 45.7 Å². The Labute approximate surface area is 231 Å². The molecule has 41 heavy (non-hydrogen) atoms. The Morgan fingerprint density at radius 3 is 2.41 bits per heavy atom. The minimum Gasteiger partial charge on any atom is -0.341 e. The Hall–Kier alpha value is -5.65. The van der Waals surface area contributed by atoms with Crippen molar-refractivity contribution in [2.45, 2.75) is 24.8 Å². The molecule has 0 bridgehead atoms. The molecule has 0 atom stereocenters. The van der Waals surface area contributed by atoms with Gasteiger partial charge in [0.25, 0.3) is 23.2 Å². The summed E-state index contributed by atoms with van der Waals surface area (Å²) in [6, 6.07) is 23.6. The van der Waals surface area contributed by atoms with Crippen molar-refractivity contribution in [1.82, 2.24) is 40.3 Å². The highest BCUT2D eigenvalue weighted by atomic mass is 16.2. The van der Waals surface area contributed by atoms with Crippen LogP contribution in [0.5, 0.6) is 0 Å². The van der Waals surface area contributed by atoms with Crippen molar-refractivity contribution >= 4 is 34.3 Å². The summed E-state index contributed by atoms with van der Waals surface area (Å²) in [5.74, 6) is 0.0686. The lowest BCUT2D eigenvalue weighted by Crippen LogP contribution is -2.51. The number of benzene rings is 3. The van der Waals surface area contributed by atoms with Crippen LogP contribution in [0, 0.1) is 0 Å². The van der Waals surface area contributed by atoms with Gasteiger partial charge in [0, 0.05) is 22.9 Å². The average Bonchev–Trinajstić information content (AvgIpc) is 3.63. The van der Waals surface area contributed by atoms with Gasteiger partial charge in [-0.25, -0.2) is 9.97 Å². The molecule has 0 spiro atoms. The number of aromatic amines is 2. The van der Waals surface area contributed by atoms with Crippen molar-refractivity contribution in [3.63, 3.8) is 0 Å². The predicted molar refractivity (Wildman–Crippen MR) is 150 cm³/mol. The Morgan fingerprint density at radius 2 is 1.68 bits per heavy atom. The van der Waals surface area contributed by atoms with Gasteiger partial charge in [-0.15, -0.1) is 0 Å². The Morgan fingerprint density at radius 1 is 0.902 bits per heavy atom. The minimum atomic E-state index is -0.581. The number of hydrogen-bond acceptors (Lipinski definition) is 7. The van der Waals surface area contributed by atoms with E-state index < -0.39 is 17.0 Å². The lowest BCUT2D eigenvalue weighted by Gasteiger charge is -2.43. The molecule has 202 valence electrons. The molecular formula is C29H23N9O3. The number of amides is 2. The molecule has 3 heterocycles. The van der Waals surface area contributed by atoms with Crippen molar-refractivity contribution in [1.29, 1.82) is 0 Å². The summed E-state index contributed by atoms with van der Waals surface area (Å²) in [6.45, 7) is 0. The number of nitrogens with one attached hydrogen (secondary N) is 4. The number of tetrazole rings is 1. The van der Waals surface area contributed by atoms with Gasteiger partial charge < -0.3 is 15.6 Å². The first-order chi connectivity index (χ1) is 20.0. The van der Waals surface area contributed by atoms with Crippen LogP contribution in [0.15, 0.2) is 83.7 Å². The lowest BCUT2D eigenvalue weighted by molar-refractivity contribution is 0.0817. The molecule has 3 aromatic heterocycles. The van der Waals surface area contributed by atoms with E-state index in [0.29, 0.717) is 11.3 Å². The van der Waals surface area contributed by atoms with E-state index in [1.54, 1.807) is 12.1 Å². The average molecular weight is 546 g/mol. The molecule has 0 unspecified atom stereocenters. The zero-order valence-electron chi connectivity index (χ0n) is 21.6. The summed E-state index contributed by atoms with van der Waals surface area (Å²) in [7, 11) is 0. The summed E-state index contributed by atoms with van der Waals surface area (Å²) in [5.41, 5.74) is 3.70. The summed E-state index contributed by atoms with van der Waals surface area (Å²) in [4.78, 5) is 50.2. The molecule has 7 rings (SSSR count). The maximum Gasteiger partial charge on any atom is 0.276 e. The van der Waals surface area contributed by atoms with E-state index in [2.05, 4.69) is 41.1 Å². The van der Waals surface area contributed by atoms with Crippen molar-refractivity contribution in [3.8, 4) is 11.4 Å². The van der Waals surface area contributed by atoms with Gasteiger partial charge in [-0.3, -0.25) is 14.4 Å². The SMILES string of the molecule is O=C(Nc1ccc(C2(NC(=O)c3cc(=O)n4[nH]nnc4n3)CCC2)cc1)c1ccc(-c2nc3ccccc3[nH]2)cc1. The van der Waals surface area contributed by atoms with Crippen molar-refractivity contribution in [2.24, 2.45) is 0 Å². The molecule has 12 heteroatoms. The van der Waals surface area contributed by atoms with E-state index in [0.717, 1.165) is 57.8 Å². The first-order valence-electron chi connectivity index (χ1n) is 13.1. The third-order valence-electron chi connectivity index (χ3n) is 7.48. The van der Waals surface area contributed by atoms with E-state index in [-0.39, 0.29) is 17.4 Å². The van der Waals surface area contributed by atoms with Crippen LogP contribution in [-0.2, 0) is 5.54 Å². The van der Waals surface area contributed by atoms with Crippen LogP contribution in [0.2, 0.25) is 0 Å². The standard InChI is InChI=1S/C29H23N9O3/c39-24-16-23(33-28-35-36-37-38(24)28)27(41)34-29(14-3-15-29)19-10-12-20(13-11-19)30-26(40)18-8-6-17(7-9-18)25-31-21-4-1-2-5-22(21)32-25/h1-2,4-13,16H,3,14-15H2,(H,30,40)(H,31,32)(H,34,41)(H,33,35,37). The zero-order chi connectivity index (χ0) is 28.0. The molecule has 1 fully saturated rings. The van der Waals surface area contributed by atoms with Crippen molar-refractivity contribution in [3.05, 3.63) is 106 Å². The highest BCUT2D eigenvalue weighted by molar-refractivity contribution is 6.04. The van der Waals surface area contributed by atoms with Gasteiger partial charge in [-0.05, 0) is 66.4 Å². The minimum absolute atomic E-state index is 0.0228. The van der Waals surface area contributed by atoms with Crippen LogP contribution in [0.4, 0.5) is 5.69 Å². The van der Waals surface area contributed by atoms with Crippen LogP contribution >= 0.6 is 0 Å². The zero-order valence-corrected chi connectivity index (χ0v) is 21.6. The molecule has 1 aliphatic rings. The van der Waals surface area contributed by atoms with Crippen LogP contribution in [0.3, 0.4) is 0 Å². The third-order valence-corrected chi connectivity index (χ3v) is 7.48. The second-order valence-corrected chi connectivity index (χ2v) is 10.0. The van der Waals surface area contributed by atoms with Crippen molar-refractivity contribution < 1.29 is 9.59 Å². The molecule has 0 radical (unpaired) electrons.